The molecule has 1 atom stereocenters. The summed E-state index contributed by atoms with van der Waals surface area (Å²) in [4.78, 5) is 26.0. The Kier molecular flexibility index (Phi) is 3.68. The van der Waals surface area contributed by atoms with Crippen LogP contribution in [0.15, 0.2) is 40.9 Å². The van der Waals surface area contributed by atoms with Crippen LogP contribution in [-0.2, 0) is 9.59 Å². The second-order valence-electron chi connectivity index (χ2n) is 5.06. The molecule has 0 radical (unpaired) electrons. The van der Waals surface area contributed by atoms with Crippen molar-refractivity contribution in [3.63, 3.8) is 0 Å². The Morgan fingerprint density at radius 1 is 1.19 bits per heavy atom. The molecule has 21 heavy (non-hydrogen) atoms. The molecule has 1 aliphatic rings. The third-order valence-corrected chi connectivity index (χ3v) is 4.44. The fraction of sp³-hybridized carbons (Fsp3) is 0.250. The lowest BCUT2D eigenvalue weighted by Gasteiger charge is -2.32. The second kappa shape index (κ2) is 5.48. The van der Waals surface area contributed by atoms with E-state index < -0.39 is 6.04 Å². The van der Waals surface area contributed by atoms with E-state index >= 15 is 0 Å². The van der Waals surface area contributed by atoms with Crippen LogP contribution in [0.4, 0.5) is 5.69 Å². The molecule has 0 saturated carbocycles. The molecular formula is C16H15BrN2O2. The zero-order valence-corrected chi connectivity index (χ0v) is 13.2. The molecule has 0 spiro atoms. The highest BCUT2D eigenvalue weighted by atomic mass is 79.9. The topological polar surface area (TPSA) is 49.4 Å². The highest BCUT2D eigenvalue weighted by molar-refractivity contribution is 9.10. The normalized spacial score (nSPS) is 19.0. The maximum atomic E-state index is 12.5. The van der Waals surface area contributed by atoms with E-state index in [0.29, 0.717) is 6.42 Å². The van der Waals surface area contributed by atoms with Gasteiger partial charge in [-0.1, -0.05) is 47.1 Å². The van der Waals surface area contributed by atoms with Gasteiger partial charge in [-0.2, -0.15) is 0 Å². The molecule has 1 aliphatic heterocycles. The standard InChI is InChI=1S/C16H15BrN2O2/c1-2-13-16(21)19(9-15(20)18-13)14-8-7-12(17)10-5-3-4-6-11(10)14/h3-8,13H,2,9H2,1H3,(H,18,20). The van der Waals surface area contributed by atoms with E-state index in [1.54, 1.807) is 4.90 Å². The lowest BCUT2D eigenvalue weighted by Crippen LogP contribution is -2.58. The van der Waals surface area contributed by atoms with Crippen LogP contribution < -0.4 is 10.2 Å². The average molecular weight is 347 g/mol. The fourth-order valence-corrected chi connectivity index (χ4v) is 3.15. The Bertz CT molecular complexity index is 729. The third-order valence-electron chi connectivity index (χ3n) is 3.75. The van der Waals surface area contributed by atoms with Crippen molar-refractivity contribution < 1.29 is 9.59 Å². The molecule has 0 aromatic heterocycles. The van der Waals surface area contributed by atoms with Crippen LogP contribution in [0.3, 0.4) is 0 Å². The summed E-state index contributed by atoms with van der Waals surface area (Å²) >= 11 is 3.52. The van der Waals surface area contributed by atoms with Crippen LogP contribution in [0.1, 0.15) is 13.3 Å². The molecule has 1 heterocycles. The number of nitrogens with one attached hydrogen (secondary N) is 1. The predicted octanol–water partition coefficient (Wildman–Crippen LogP) is 2.84. The quantitative estimate of drug-likeness (QED) is 0.908. The predicted molar refractivity (Wildman–Crippen MR) is 86.2 cm³/mol. The Morgan fingerprint density at radius 2 is 1.90 bits per heavy atom. The summed E-state index contributed by atoms with van der Waals surface area (Å²) in [5, 5.41) is 4.73. The van der Waals surface area contributed by atoms with Crippen molar-refractivity contribution in [3.8, 4) is 0 Å². The van der Waals surface area contributed by atoms with E-state index in [1.165, 1.54) is 0 Å². The van der Waals surface area contributed by atoms with E-state index in [0.717, 1.165) is 20.9 Å². The zero-order valence-electron chi connectivity index (χ0n) is 11.6. The second-order valence-corrected chi connectivity index (χ2v) is 5.92. The first-order valence-corrected chi connectivity index (χ1v) is 7.69. The van der Waals surface area contributed by atoms with Gasteiger partial charge in [0, 0.05) is 9.86 Å². The van der Waals surface area contributed by atoms with Crippen LogP contribution in [-0.4, -0.2) is 24.4 Å². The molecule has 2 aromatic carbocycles. The Hall–Kier alpha value is -1.88. The van der Waals surface area contributed by atoms with Gasteiger partial charge in [0.25, 0.3) is 0 Å². The first kappa shape index (κ1) is 14.1. The van der Waals surface area contributed by atoms with Crippen molar-refractivity contribution in [1.29, 1.82) is 0 Å². The summed E-state index contributed by atoms with van der Waals surface area (Å²) in [6.07, 6.45) is 0.593. The smallest absolute Gasteiger partial charge is 0.250 e. The van der Waals surface area contributed by atoms with Gasteiger partial charge in [-0.25, -0.2) is 0 Å². The maximum Gasteiger partial charge on any atom is 0.250 e. The minimum Gasteiger partial charge on any atom is -0.343 e. The Labute approximate surface area is 131 Å². The summed E-state index contributed by atoms with van der Waals surface area (Å²) < 4.78 is 0.975. The fourth-order valence-electron chi connectivity index (χ4n) is 2.67. The summed E-state index contributed by atoms with van der Waals surface area (Å²) in [7, 11) is 0. The van der Waals surface area contributed by atoms with Gasteiger partial charge in [-0.3, -0.25) is 9.59 Å². The number of nitrogens with zero attached hydrogens (tertiary/aromatic N) is 1. The van der Waals surface area contributed by atoms with Crippen LogP contribution in [0.25, 0.3) is 10.8 Å². The first-order chi connectivity index (χ1) is 10.1. The van der Waals surface area contributed by atoms with Crippen molar-refractivity contribution >= 4 is 44.2 Å². The van der Waals surface area contributed by atoms with Crippen molar-refractivity contribution in [2.24, 2.45) is 0 Å². The zero-order chi connectivity index (χ0) is 15.0. The van der Waals surface area contributed by atoms with E-state index in [2.05, 4.69) is 21.2 Å². The van der Waals surface area contributed by atoms with Crippen molar-refractivity contribution in [3.05, 3.63) is 40.9 Å². The molecule has 2 aromatic rings. The minimum absolute atomic E-state index is 0.0513. The number of fused-ring (bicyclic) bond motifs is 1. The monoisotopic (exact) mass is 346 g/mol. The molecule has 5 heteroatoms. The highest BCUT2D eigenvalue weighted by Gasteiger charge is 2.33. The van der Waals surface area contributed by atoms with E-state index in [-0.39, 0.29) is 18.4 Å². The number of benzene rings is 2. The molecule has 108 valence electrons. The number of anilines is 1. The third kappa shape index (κ3) is 2.42. The van der Waals surface area contributed by atoms with Crippen molar-refractivity contribution in [2.45, 2.75) is 19.4 Å². The number of piperazine rings is 1. The number of halogens is 1. The van der Waals surface area contributed by atoms with Gasteiger partial charge in [0.2, 0.25) is 11.8 Å². The number of rotatable bonds is 2. The molecule has 1 saturated heterocycles. The van der Waals surface area contributed by atoms with Crippen molar-refractivity contribution in [2.75, 3.05) is 11.4 Å². The molecule has 3 rings (SSSR count). The summed E-state index contributed by atoms with van der Waals surface area (Å²) in [5.41, 5.74) is 0.784. The van der Waals surface area contributed by atoms with Crippen LogP contribution >= 0.6 is 15.9 Å². The number of carbonyl (C=O) groups excluding carboxylic acids is 2. The molecule has 1 N–H and O–H groups in total. The molecule has 1 fully saturated rings. The van der Waals surface area contributed by atoms with E-state index in [4.69, 9.17) is 0 Å². The van der Waals surface area contributed by atoms with Gasteiger partial charge in [-0.15, -0.1) is 0 Å². The van der Waals surface area contributed by atoms with E-state index in [9.17, 15) is 9.59 Å². The average Bonchev–Trinajstić information content (AvgIpc) is 2.50. The summed E-state index contributed by atoms with van der Waals surface area (Å²) in [6, 6.07) is 11.2. The Balaban J connectivity index is 2.13. The minimum atomic E-state index is -0.436. The number of hydrogen-bond donors (Lipinski definition) is 1. The molecule has 1 unspecified atom stereocenters. The summed E-state index contributed by atoms with van der Waals surface area (Å²) in [5.74, 6) is -0.168. The first-order valence-electron chi connectivity index (χ1n) is 6.89. The van der Waals surface area contributed by atoms with Crippen molar-refractivity contribution in [1.82, 2.24) is 5.32 Å². The van der Waals surface area contributed by atoms with Crippen LogP contribution in [0.2, 0.25) is 0 Å². The van der Waals surface area contributed by atoms with Gasteiger partial charge in [0.15, 0.2) is 0 Å². The van der Waals surface area contributed by atoms with Gasteiger partial charge in [0.05, 0.1) is 5.69 Å². The highest BCUT2D eigenvalue weighted by Crippen LogP contribution is 2.33. The Morgan fingerprint density at radius 3 is 2.62 bits per heavy atom. The number of carbonyl (C=O) groups is 2. The SMILES string of the molecule is CCC1NC(=O)CN(c2ccc(Br)c3ccccc23)C1=O. The van der Waals surface area contributed by atoms with Gasteiger partial charge in [0.1, 0.15) is 12.6 Å². The molecular weight excluding hydrogens is 332 g/mol. The van der Waals surface area contributed by atoms with Gasteiger partial charge >= 0.3 is 0 Å². The summed E-state index contributed by atoms with van der Waals surface area (Å²) in [6.45, 7) is 1.97. The van der Waals surface area contributed by atoms with Crippen LogP contribution in [0.5, 0.6) is 0 Å². The molecule has 2 amide bonds. The van der Waals surface area contributed by atoms with Crippen LogP contribution in [0, 0.1) is 0 Å². The van der Waals surface area contributed by atoms with E-state index in [1.807, 2.05) is 43.3 Å². The lowest BCUT2D eigenvalue weighted by atomic mass is 10.1. The molecule has 4 nitrogen and oxygen atoms in total. The number of hydrogen-bond acceptors (Lipinski definition) is 2. The van der Waals surface area contributed by atoms with Gasteiger partial charge < -0.3 is 10.2 Å². The maximum absolute atomic E-state index is 12.5. The molecule has 0 bridgehead atoms. The number of amides is 2. The molecule has 0 aliphatic carbocycles. The van der Waals surface area contributed by atoms with Gasteiger partial charge in [-0.05, 0) is 23.9 Å². The largest absolute Gasteiger partial charge is 0.343 e. The lowest BCUT2D eigenvalue weighted by molar-refractivity contribution is -0.131.